The van der Waals surface area contributed by atoms with Crippen molar-refractivity contribution in [1.82, 2.24) is 4.98 Å². The van der Waals surface area contributed by atoms with Crippen molar-refractivity contribution in [3.8, 4) is 5.75 Å². The molecular weight excluding hydrogens is 385 g/mol. The van der Waals surface area contributed by atoms with Gasteiger partial charge >= 0.3 is 0 Å². The fourth-order valence-electron chi connectivity index (χ4n) is 2.10. The third-order valence-corrected chi connectivity index (χ3v) is 4.54. The highest BCUT2D eigenvalue weighted by molar-refractivity contribution is 9.10. The first-order valence-corrected chi connectivity index (χ1v) is 8.01. The molecule has 5 heteroatoms. The Hall–Kier alpha value is -1.55. The van der Waals surface area contributed by atoms with E-state index in [2.05, 4.69) is 20.9 Å². The molecule has 0 spiro atoms. The minimum absolute atomic E-state index is 0.0581. The van der Waals surface area contributed by atoms with Crippen LogP contribution in [0.3, 0.4) is 0 Å². The zero-order chi connectivity index (χ0) is 15.7. The lowest BCUT2D eigenvalue weighted by molar-refractivity contribution is 0.480. The van der Waals surface area contributed by atoms with Crippen molar-refractivity contribution in [2.45, 2.75) is 0 Å². The van der Waals surface area contributed by atoms with Crippen molar-refractivity contribution >= 4 is 62.2 Å². The van der Waals surface area contributed by atoms with Crippen LogP contribution < -0.4 is 0 Å². The number of benzene rings is 2. The molecule has 2 nitrogen and oxygen atoms in total. The summed E-state index contributed by atoms with van der Waals surface area (Å²) < 4.78 is 1.00. The average molecular weight is 395 g/mol. The van der Waals surface area contributed by atoms with E-state index in [1.54, 1.807) is 0 Å². The Morgan fingerprint density at radius 1 is 1.00 bits per heavy atom. The first-order valence-electron chi connectivity index (χ1n) is 6.46. The van der Waals surface area contributed by atoms with Crippen molar-refractivity contribution < 1.29 is 5.11 Å². The summed E-state index contributed by atoms with van der Waals surface area (Å²) in [6, 6.07) is 13.1. The minimum Gasteiger partial charge on any atom is -0.504 e. The van der Waals surface area contributed by atoms with Gasteiger partial charge in [0.25, 0.3) is 0 Å². The van der Waals surface area contributed by atoms with Gasteiger partial charge in [0.05, 0.1) is 15.7 Å². The number of fused-ring (bicyclic) bond motifs is 1. The fourth-order valence-corrected chi connectivity index (χ4v) is 3.03. The van der Waals surface area contributed by atoms with Crippen molar-refractivity contribution in [2.75, 3.05) is 0 Å². The van der Waals surface area contributed by atoms with Gasteiger partial charge in [-0.15, -0.1) is 0 Å². The molecule has 2 aromatic carbocycles. The third-order valence-electron chi connectivity index (χ3n) is 3.22. The summed E-state index contributed by atoms with van der Waals surface area (Å²) >= 11 is 15.6. The Balaban J connectivity index is 2.06. The molecular formula is C17H10BrCl2NO. The molecule has 0 saturated carbocycles. The summed E-state index contributed by atoms with van der Waals surface area (Å²) in [5.74, 6) is -0.0581. The van der Waals surface area contributed by atoms with Gasteiger partial charge in [0.15, 0.2) is 5.75 Å². The van der Waals surface area contributed by atoms with E-state index in [1.165, 1.54) is 6.07 Å². The highest BCUT2D eigenvalue weighted by Crippen LogP contribution is 2.36. The van der Waals surface area contributed by atoms with Crippen LogP contribution in [0.15, 0.2) is 46.9 Å². The van der Waals surface area contributed by atoms with Crippen LogP contribution in [-0.4, -0.2) is 10.1 Å². The number of phenols is 1. The average Bonchev–Trinajstić information content (AvgIpc) is 2.52. The van der Waals surface area contributed by atoms with Crippen LogP contribution in [0, 0.1) is 0 Å². The number of halogens is 3. The standard InChI is InChI=1S/C17H10BrCl2NO/c18-13-4-2-1-3-10(13)5-6-11-7-8-12-14(19)9-15(20)17(22)16(12)21-11/h1-9,22H. The number of rotatable bonds is 2. The second-order valence-corrected chi connectivity index (χ2v) is 6.34. The lowest BCUT2D eigenvalue weighted by Gasteiger charge is -2.05. The van der Waals surface area contributed by atoms with E-state index < -0.39 is 0 Å². The van der Waals surface area contributed by atoms with Crippen LogP contribution in [0.25, 0.3) is 23.1 Å². The van der Waals surface area contributed by atoms with E-state index in [1.807, 2.05) is 48.6 Å². The number of hydrogen-bond acceptors (Lipinski definition) is 2. The Morgan fingerprint density at radius 3 is 2.55 bits per heavy atom. The molecule has 0 atom stereocenters. The molecule has 0 aliphatic rings. The number of aromatic nitrogens is 1. The Morgan fingerprint density at radius 2 is 1.77 bits per heavy atom. The van der Waals surface area contributed by atoms with Gasteiger partial charge in [-0.05, 0) is 35.9 Å². The van der Waals surface area contributed by atoms with E-state index >= 15 is 0 Å². The molecule has 0 amide bonds. The van der Waals surface area contributed by atoms with Gasteiger partial charge in [-0.25, -0.2) is 4.98 Å². The quantitative estimate of drug-likeness (QED) is 0.562. The molecule has 0 unspecified atom stereocenters. The lowest BCUT2D eigenvalue weighted by atomic mass is 10.1. The number of pyridine rings is 1. The van der Waals surface area contributed by atoms with Crippen LogP contribution in [0.4, 0.5) is 0 Å². The van der Waals surface area contributed by atoms with E-state index in [-0.39, 0.29) is 10.8 Å². The molecule has 0 bridgehead atoms. The molecule has 0 saturated heterocycles. The van der Waals surface area contributed by atoms with Crippen molar-refractivity contribution in [3.63, 3.8) is 0 Å². The maximum absolute atomic E-state index is 10.1. The number of aromatic hydroxyl groups is 1. The van der Waals surface area contributed by atoms with Crippen molar-refractivity contribution in [2.24, 2.45) is 0 Å². The van der Waals surface area contributed by atoms with Gasteiger partial charge in [-0.1, -0.05) is 63.4 Å². The number of phenolic OH excluding ortho intramolecular Hbond substituents is 1. The predicted molar refractivity (Wildman–Crippen MR) is 96.5 cm³/mol. The summed E-state index contributed by atoms with van der Waals surface area (Å²) in [4.78, 5) is 4.42. The van der Waals surface area contributed by atoms with Gasteiger partial charge in [-0.2, -0.15) is 0 Å². The third kappa shape index (κ3) is 2.98. The first-order chi connectivity index (χ1) is 10.6. The van der Waals surface area contributed by atoms with Crippen molar-refractivity contribution in [3.05, 3.63) is 68.2 Å². The van der Waals surface area contributed by atoms with Gasteiger partial charge in [0.1, 0.15) is 5.52 Å². The van der Waals surface area contributed by atoms with Crippen LogP contribution in [-0.2, 0) is 0 Å². The summed E-state index contributed by atoms with van der Waals surface area (Å²) in [5, 5.41) is 11.4. The highest BCUT2D eigenvalue weighted by atomic mass is 79.9. The zero-order valence-corrected chi connectivity index (χ0v) is 14.3. The normalized spacial score (nSPS) is 11.4. The topological polar surface area (TPSA) is 33.1 Å². The van der Waals surface area contributed by atoms with E-state index in [4.69, 9.17) is 23.2 Å². The lowest BCUT2D eigenvalue weighted by Crippen LogP contribution is -1.86. The number of hydrogen-bond donors (Lipinski definition) is 1. The zero-order valence-electron chi connectivity index (χ0n) is 11.2. The molecule has 0 radical (unpaired) electrons. The van der Waals surface area contributed by atoms with E-state index in [0.29, 0.717) is 21.6 Å². The van der Waals surface area contributed by atoms with E-state index in [9.17, 15) is 5.11 Å². The molecule has 0 aliphatic heterocycles. The minimum atomic E-state index is -0.0581. The summed E-state index contributed by atoms with van der Waals surface area (Å²) in [5.41, 5.74) is 2.14. The van der Waals surface area contributed by atoms with Crippen LogP contribution in [0.1, 0.15) is 11.3 Å². The van der Waals surface area contributed by atoms with Crippen LogP contribution >= 0.6 is 39.1 Å². The Bertz CT molecular complexity index is 893. The molecule has 0 fully saturated rings. The predicted octanol–water partition coefficient (Wildman–Crippen LogP) is 6.18. The van der Waals surface area contributed by atoms with Crippen LogP contribution in [0.2, 0.25) is 10.0 Å². The van der Waals surface area contributed by atoms with E-state index in [0.717, 1.165) is 10.0 Å². The largest absolute Gasteiger partial charge is 0.504 e. The Labute approximate surface area is 146 Å². The summed E-state index contributed by atoms with van der Waals surface area (Å²) in [6.45, 7) is 0. The summed E-state index contributed by atoms with van der Waals surface area (Å²) in [6.07, 6.45) is 3.81. The first kappa shape index (κ1) is 15.3. The smallest absolute Gasteiger partial charge is 0.160 e. The monoisotopic (exact) mass is 393 g/mol. The Kier molecular flexibility index (Phi) is 4.39. The summed E-state index contributed by atoms with van der Waals surface area (Å²) in [7, 11) is 0. The second-order valence-electron chi connectivity index (χ2n) is 4.68. The van der Waals surface area contributed by atoms with Gasteiger partial charge < -0.3 is 5.11 Å². The van der Waals surface area contributed by atoms with Gasteiger partial charge in [-0.3, -0.25) is 0 Å². The van der Waals surface area contributed by atoms with Gasteiger partial charge in [0, 0.05) is 9.86 Å². The molecule has 1 N–H and O–H groups in total. The van der Waals surface area contributed by atoms with Crippen LogP contribution in [0.5, 0.6) is 5.75 Å². The fraction of sp³-hybridized carbons (Fsp3) is 0. The van der Waals surface area contributed by atoms with Crippen molar-refractivity contribution in [1.29, 1.82) is 0 Å². The molecule has 1 aromatic heterocycles. The SMILES string of the molecule is Oc1c(Cl)cc(Cl)c2ccc(C=Cc3ccccc3Br)nc12. The molecule has 3 rings (SSSR count). The molecule has 110 valence electrons. The maximum atomic E-state index is 10.1. The number of nitrogens with zero attached hydrogens (tertiary/aromatic N) is 1. The van der Waals surface area contributed by atoms with Gasteiger partial charge in [0.2, 0.25) is 0 Å². The molecule has 22 heavy (non-hydrogen) atoms. The second kappa shape index (κ2) is 6.29. The highest BCUT2D eigenvalue weighted by Gasteiger charge is 2.10. The molecule has 0 aliphatic carbocycles. The molecule has 1 heterocycles. The maximum Gasteiger partial charge on any atom is 0.160 e. The molecule has 3 aromatic rings.